The van der Waals surface area contributed by atoms with Gasteiger partial charge in [-0.3, -0.25) is 4.57 Å². The Balaban J connectivity index is 1.01. The molecule has 8 aromatic carbocycles. The Kier molecular flexibility index (Phi) is 11.4. The van der Waals surface area contributed by atoms with Crippen molar-refractivity contribution < 1.29 is 9.15 Å². The SMILES string of the molecule is CC(C)(C)c1cc(Oc2ccc3c4oc5ccc6ccccc6c5c4n(-c4cc(C(C)(C)C)ccn4)c3c2)cc(N2CN(c3c(-c4ccccc4)cccc3-c3cc(C(C)(C)C)cc(C(C)(C)C)c3)c3ccccc32)c1. The number of hydrogen-bond donors (Lipinski definition) is 0. The maximum atomic E-state index is 7.15. The zero-order valence-corrected chi connectivity index (χ0v) is 46.1. The summed E-state index contributed by atoms with van der Waals surface area (Å²) in [6.45, 7) is 28.1. The van der Waals surface area contributed by atoms with Crippen molar-refractivity contribution >= 4 is 66.5 Å². The van der Waals surface area contributed by atoms with Crippen LogP contribution in [0.3, 0.4) is 0 Å². The maximum absolute atomic E-state index is 7.15. The molecule has 6 heteroatoms. The number of aromatic nitrogens is 2. The highest BCUT2D eigenvalue weighted by Gasteiger charge is 2.33. The van der Waals surface area contributed by atoms with Gasteiger partial charge in [0, 0.05) is 40.5 Å². The highest BCUT2D eigenvalue weighted by atomic mass is 16.5. The molecule has 0 bridgehead atoms. The molecule has 6 nitrogen and oxygen atoms in total. The van der Waals surface area contributed by atoms with Crippen LogP contribution in [0.1, 0.15) is 105 Å². The van der Waals surface area contributed by atoms with Gasteiger partial charge in [0.2, 0.25) is 0 Å². The quantitative estimate of drug-likeness (QED) is 0.159. The van der Waals surface area contributed by atoms with Crippen LogP contribution in [-0.4, -0.2) is 16.2 Å². The molecule has 12 rings (SSSR count). The van der Waals surface area contributed by atoms with Gasteiger partial charge in [0.25, 0.3) is 0 Å². The summed E-state index contributed by atoms with van der Waals surface area (Å²) in [5.41, 5.74) is 17.7. The molecule has 0 fully saturated rings. The van der Waals surface area contributed by atoms with E-state index in [0.717, 1.165) is 78.1 Å². The predicted molar refractivity (Wildman–Crippen MR) is 320 cm³/mol. The van der Waals surface area contributed by atoms with E-state index in [1.165, 1.54) is 50.2 Å². The normalized spacial score (nSPS) is 13.4. The third-order valence-electron chi connectivity index (χ3n) is 15.5. The molecule has 76 heavy (non-hydrogen) atoms. The van der Waals surface area contributed by atoms with E-state index in [9.17, 15) is 0 Å². The molecule has 3 aromatic heterocycles. The van der Waals surface area contributed by atoms with Crippen molar-refractivity contribution in [3.05, 3.63) is 204 Å². The number of benzene rings is 8. The molecule has 1 aliphatic rings. The van der Waals surface area contributed by atoms with E-state index < -0.39 is 0 Å². The van der Waals surface area contributed by atoms with Crippen molar-refractivity contribution in [1.82, 2.24) is 9.55 Å². The Hall–Kier alpha value is -8.09. The minimum atomic E-state index is -0.181. The largest absolute Gasteiger partial charge is 0.457 e. The smallest absolute Gasteiger partial charge is 0.161 e. The fourth-order valence-corrected chi connectivity index (χ4v) is 11.1. The molecular weight excluding hydrogens is 929 g/mol. The molecule has 0 aliphatic carbocycles. The lowest BCUT2D eigenvalue weighted by Crippen LogP contribution is -2.25. The zero-order valence-electron chi connectivity index (χ0n) is 46.1. The number of fused-ring (bicyclic) bond motifs is 8. The number of pyridine rings is 1. The molecule has 1 aliphatic heterocycles. The van der Waals surface area contributed by atoms with Crippen molar-refractivity contribution in [2.45, 2.75) is 105 Å². The molecule has 0 unspecified atom stereocenters. The third-order valence-corrected chi connectivity index (χ3v) is 15.5. The van der Waals surface area contributed by atoms with Gasteiger partial charge in [-0.05, 0) is 120 Å². The molecule has 0 amide bonds. The van der Waals surface area contributed by atoms with Crippen LogP contribution in [0, 0.1) is 0 Å². The fourth-order valence-electron chi connectivity index (χ4n) is 11.1. The summed E-state index contributed by atoms with van der Waals surface area (Å²) in [5, 5.41) is 4.38. The van der Waals surface area contributed by atoms with E-state index in [2.05, 4.69) is 273 Å². The van der Waals surface area contributed by atoms with Gasteiger partial charge in [-0.15, -0.1) is 0 Å². The van der Waals surface area contributed by atoms with E-state index in [1.54, 1.807) is 0 Å². The summed E-state index contributed by atoms with van der Waals surface area (Å²) in [5.74, 6) is 2.33. The first-order valence-corrected chi connectivity index (χ1v) is 26.9. The highest BCUT2D eigenvalue weighted by molar-refractivity contribution is 6.24. The van der Waals surface area contributed by atoms with Crippen molar-refractivity contribution in [1.29, 1.82) is 0 Å². The average molecular weight is 997 g/mol. The predicted octanol–water partition coefficient (Wildman–Crippen LogP) is 19.6. The van der Waals surface area contributed by atoms with Gasteiger partial charge in [-0.1, -0.05) is 192 Å². The van der Waals surface area contributed by atoms with Crippen LogP contribution in [0.2, 0.25) is 0 Å². The van der Waals surface area contributed by atoms with Gasteiger partial charge in [-0.25, -0.2) is 4.98 Å². The maximum Gasteiger partial charge on any atom is 0.161 e. The molecule has 0 saturated heterocycles. The van der Waals surface area contributed by atoms with Crippen LogP contribution in [-0.2, 0) is 21.7 Å². The summed E-state index contributed by atoms with van der Waals surface area (Å²) in [6.07, 6.45) is 1.93. The average Bonchev–Trinajstić information content (AvgIpc) is 4.07. The zero-order chi connectivity index (χ0) is 53.1. The Morgan fingerprint density at radius 3 is 1.80 bits per heavy atom. The molecule has 0 saturated carbocycles. The van der Waals surface area contributed by atoms with Gasteiger partial charge < -0.3 is 19.0 Å². The van der Waals surface area contributed by atoms with Gasteiger partial charge >= 0.3 is 0 Å². The van der Waals surface area contributed by atoms with Gasteiger partial charge in [-0.2, -0.15) is 0 Å². The Morgan fingerprint density at radius 2 is 1.11 bits per heavy atom. The van der Waals surface area contributed by atoms with E-state index in [4.69, 9.17) is 14.1 Å². The minimum Gasteiger partial charge on any atom is -0.457 e. The van der Waals surface area contributed by atoms with Crippen molar-refractivity contribution in [3.8, 4) is 39.6 Å². The standard InChI is InChI=1S/C70H68N4O2/c1-67(2,3)47-33-34-71-62(40-47)74-60-42-52(30-31-57(60)66-65(74)63-54-24-17-16-23-45(54)29-32-61(63)76-66)75-53-39-50(70(10,11)12)38-51(41-53)72-43-73(59-28-19-18-27-58(59)72)64-55(44-21-14-13-15-22-44)25-20-26-56(64)46-35-48(68(4,5)6)37-49(36-46)69(7,8)9/h13-42H,43H2,1-12H3. The van der Waals surface area contributed by atoms with E-state index in [0.29, 0.717) is 6.67 Å². The number of para-hydroxylation sites is 3. The van der Waals surface area contributed by atoms with Crippen LogP contribution < -0.4 is 14.5 Å². The lowest BCUT2D eigenvalue weighted by molar-refractivity contribution is 0.479. The molecule has 11 aromatic rings. The summed E-state index contributed by atoms with van der Waals surface area (Å²) >= 11 is 0. The highest BCUT2D eigenvalue weighted by Crippen LogP contribution is 2.52. The van der Waals surface area contributed by atoms with Crippen LogP contribution in [0.25, 0.3) is 71.8 Å². The summed E-state index contributed by atoms with van der Waals surface area (Å²) in [7, 11) is 0. The number of ether oxygens (including phenoxy) is 1. The monoisotopic (exact) mass is 997 g/mol. The third kappa shape index (κ3) is 8.58. The van der Waals surface area contributed by atoms with E-state index >= 15 is 0 Å². The van der Waals surface area contributed by atoms with E-state index in [1.807, 2.05) is 6.20 Å². The summed E-state index contributed by atoms with van der Waals surface area (Å²) in [4.78, 5) is 10.1. The first kappa shape index (κ1) is 48.8. The number of anilines is 4. The minimum absolute atomic E-state index is 0.0382. The molecule has 380 valence electrons. The van der Waals surface area contributed by atoms with Crippen molar-refractivity contribution in [2.24, 2.45) is 0 Å². The number of hydrogen-bond acceptors (Lipinski definition) is 5. The number of nitrogens with zero attached hydrogens (tertiary/aromatic N) is 4. The Bertz CT molecular complexity index is 4020. The second-order valence-electron chi connectivity index (χ2n) is 25.0. The Labute approximate surface area is 448 Å². The molecule has 0 N–H and O–H groups in total. The lowest BCUT2D eigenvalue weighted by Gasteiger charge is -2.30. The van der Waals surface area contributed by atoms with Crippen molar-refractivity contribution in [3.63, 3.8) is 0 Å². The number of furan rings is 1. The van der Waals surface area contributed by atoms with Crippen LogP contribution in [0.4, 0.5) is 22.7 Å². The summed E-state index contributed by atoms with van der Waals surface area (Å²) in [6, 6.07) is 64.1. The molecule has 0 radical (unpaired) electrons. The van der Waals surface area contributed by atoms with Crippen LogP contribution in [0.15, 0.2) is 187 Å². The van der Waals surface area contributed by atoms with Gasteiger partial charge in [0.05, 0.1) is 28.0 Å². The van der Waals surface area contributed by atoms with E-state index in [-0.39, 0.29) is 21.7 Å². The molecule has 4 heterocycles. The second kappa shape index (κ2) is 17.8. The lowest BCUT2D eigenvalue weighted by atomic mass is 9.78. The number of rotatable bonds is 7. The first-order chi connectivity index (χ1) is 36.2. The fraction of sp³-hybridized carbons (Fsp3) is 0.243. The van der Waals surface area contributed by atoms with Gasteiger partial charge in [0.1, 0.15) is 35.1 Å². The molecular formula is C70H68N4O2. The van der Waals surface area contributed by atoms with Gasteiger partial charge in [0.15, 0.2) is 5.58 Å². The summed E-state index contributed by atoms with van der Waals surface area (Å²) < 4.78 is 16.3. The molecule has 0 spiro atoms. The second-order valence-corrected chi connectivity index (χ2v) is 25.0. The van der Waals surface area contributed by atoms with Crippen molar-refractivity contribution in [2.75, 3.05) is 16.5 Å². The first-order valence-electron chi connectivity index (χ1n) is 26.9. The topological polar surface area (TPSA) is 46.7 Å². The van der Waals surface area contributed by atoms with Crippen LogP contribution >= 0.6 is 0 Å². The van der Waals surface area contributed by atoms with Crippen LogP contribution in [0.5, 0.6) is 11.5 Å². The molecule has 0 atom stereocenters. The Morgan fingerprint density at radius 1 is 0.474 bits per heavy atom.